The number of hydrogen-bond donors (Lipinski definition) is 1. The van der Waals surface area contributed by atoms with E-state index in [0.29, 0.717) is 0 Å². The fraction of sp³-hybridized carbons (Fsp3) is 0.0833. The van der Waals surface area contributed by atoms with Crippen LogP contribution in [-0.2, 0) is 4.79 Å². The lowest BCUT2D eigenvalue weighted by atomic mass is 10.1. The third-order valence-electron chi connectivity index (χ3n) is 2.19. The van der Waals surface area contributed by atoms with E-state index in [4.69, 9.17) is 0 Å². The quantitative estimate of drug-likeness (QED) is 0.741. The van der Waals surface area contributed by atoms with Crippen LogP contribution in [0.2, 0.25) is 0 Å². The van der Waals surface area contributed by atoms with Gasteiger partial charge in [-0.1, -0.05) is 18.2 Å². The number of aliphatic carboxylic acids is 1. The van der Waals surface area contributed by atoms with E-state index in [2.05, 4.69) is 4.98 Å². The summed E-state index contributed by atoms with van der Waals surface area (Å²) in [5.41, 5.74) is 2.94. The molecule has 0 radical (unpaired) electrons. The number of carbonyl (C=O) groups excluding carboxylic acids is 1. The van der Waals surface area contributed by atoms with Crippen molar-refractivity contribution >= 4 is 22.9 Å². The van der Waals surface area contributed by atoms with Crippen LogP contribution in [-0.4, -0.2) is 11.0 Å². The number of benzene rings is 1. The van der Waals surface area contributed by atoms with E-state index in [9.17, 15) is 9.90 Å². The summed E-state index contributed by atoms with van der Waals surface area (Å²) >= 11 is 0. The zero-order chi connectivity index (χ0) is 10.8. The van der Waals surface area contributed by atoms with Crippen molar-refractivity contribution < 1.29 is 9.90 Å². The minimum atomic E-state index is -1.18. The molecule has 1 aromatic heterocycles. The molecule has 2 aromatic rings. The fourth-order valence-corrected chi connectivity index (χ4v) is 1.56. The molecule has 0 saturated heterocycles. The number of aromatic amines is 1. The SMILES string of the molecule is Cc1cc2ccc(/C=C/C(=O)[O-])cc2[nH]1. The predicted molar refractivity (Wildman–Crippen MR) is 57.1 cm³/mol. The van der Waals surface area contributed by atoms with Crippen LogP contribution in [0.1, 0.15) is 11.3 Å². The Bertz CT molecular complexity index is 538. The first-order chi connectivity index (χ1) is 7.15. The van der Waals surface area contributed by atoms with Crippen molar-refractivity contribution in [2.45, 2.75) is 6.92 Å². The molecule has 2 rings (SSSR count). The molecule has 0 spiro atoms. The Balaban J connectivity index is 2.42. The van der Waals surface area contributed by atoms with Gasteiger partial charge >= 0.3 is 0 Å². The number of fused-ring (bicyclic) bond motifs is 1. The Morgan fingerprint density at radius 2 is 2.20 bits per heavy atom. The van der Waals surface area contributed by atoms with Crippen LogP contribution in [0.5, 0.6) is 0 Å². The highest BCUT2D eigenvalue weighted by Crippen LogP contribution is 2.17. The van der Waals surface area contributed by atoms with Crippen molar-refractivity contribution in [3.05, 3.63) is 41.6 Å². The van der Waals surface area contributed by atoms with E-state index in [0.717, 1.165) is 28.2 Å². The standard InChI is InChI=1S/C12H11NO2/c1-8-6-10-4-2-9(3-5-12(14)15)7-11(10)13-8/h2-7,13H,1H3,(H,14,15)/p-1/b5-3+. The summed E-state index contributed by atoms with van der Waals surface area (Å²) in [6.07, 6.45) is 2.54. The summed E-state index contributed by atoms with van der Waals surface area (Å²) in [6.45, 7) is 1.98. The minimum absolute atomic E-state index is 0.841. The number of rotatable bonds is 2. The van der Waals surface area contributed by atoms with Crippen LogP contribution in [0.3, 0.4) is 0 Å². The molecule has 0 aliphatic heterocycles. The van der Waals surface area contributed by atoms with Gasteiger partial charge in [0.1, 0.15) is 0 Å². The van der Waals surface area contributed by atoms with Gasteiger partial charge in [-0.2, -0.15) is 0 Å². The lowest BCUT2D eigenvalue weighted by Crippen LogP contribution is -2.18. The van der Waals surface area contributed by atoms with E-state index < -0.39 is 5.97 Å². The lowest BCUT2D eigenvalue weighted by Gasteiger charge is -1.95. The summed E-state index contributed by atoms with van der Waals surface area (Å²) in [4.78, 5) is 13.4. The maximum Gasteiger partial charge on any atom is 0.0643 e. The van der Waals surface area contributed by atoms with Crippen LogP contribution >= 0.6 is 0 Å². The number of aromatic nitrogens is 1. The van der Waals surface area contributed by atoms with Crippen LogP contribution in [0.15, 0.2) is 30.3 Å². The summed E-state index contributed by atoms with van der Waals surface area (Å²) in [6, 6.07) is 7.77. The van der Waals surface area contributed by atoms with E-state index in [1.807, 2.05) is 31.2 Å². The Morgan fingerprint density at radius 3 is 2.93 bits per heavy atom. The van der Waals surface area contributed by atoms with E-state index >= 15 is 0 Å². The van der Waals surface area contributed by atoms with Crippen molar-refractivity contribution in [3.63, 3.8) is 0 Å². The number of carbonyl (C=O) groups is 1. The molecule has 0 saturated carbocycles. The zero-order valence-corrected chi connectivity index (χ0v) is 8.28. The lowest BCUT2D eigenvalue weighted by molar-refractivity contribution is -0.297. The molecule has 0 aliphatic carbocycles. The van der Waals surface area contributed by atoms with Gasteiger partial charge in [-0.05, 0) is 36.1 Å². The molecule has 0 fully saturated rings. The number of nitrogens with one attached hydrogen (secondary N) is 1. The average Bonchev–Trinajstić information content (AvgIpc) is 2.53. The first kappa shape index (κ1) is 9.52. The second-order valence-corrected chi connectivity index (χ2v) is 3.45. The number of carboxylic acids is 1. The maximum absolute atomic E-state index is 10.2. The zero-order valence-electron chi connectivity index (χ0n) is 8.28. The minimum Gasteiger partial charge on any atom is -0.545 e. The molecule has 0 unspecified atom stereocenters. The molecule has 3 nitrogen and oxygen atoms in total. The number of aryl methyl sites for hydroxylation is 1. The first-order valence-electron chi connectivity index (χ1n) is 4.63. The highest BCUT2D eigenvalue weighted by molar-refractivity contribution is 5.86. The molecule has 0 bridgehead atoms. The van der Waals surface area contributed by atoms with Gasteiger partial charge < -0.3 is 14.9 Å². The molecule has 76 valence electrons. The molecular weight excluding hydrogens is 190 g/mol. The Morgan fingerprint density at radius 1 is 1.40 bits per heavy atom. The number of H-pyrrole nitrogens is 1. The predicted octanol–water partition coefficient (Wildman–Crippen LogP) is 1.24. The molecule has 1 heterocycles. The van der Waals surface area contributed by atoms with Gasteiger partial charge in [0.15, 0.2) is 0 Å². The largest absolute Gasteiger partial charge is 0.545 e. The van der Waals surface area contributed by atoms with Crippen molar-refractivity contribution in [1.29, 1.82) is 0 Å². The Hall–Kier alpha value is -2.03. The van der Waals surface area contributed by atoms with Gasteiger partial charge in [-0.15, -0.1) is 0 Å². The normalized spacial score (nSPS) is 11.3. The van der Waals surface area contributed by atoms with Crippen molar-refractivity contribution in [2.75, 3.05) is 0 Å². The van der Waals surface area contributed by atoms with Crippen LogP contribution < -0.4 is 5.11 Å². The summed E-state index contributed by atoms with van der Waals surface area (Å²) < 4.78 is 0. The third-order valence-corrected chi connectivity index (χ3v) is 2.19. The van der Waals surface area contributed by atoms with Gasteiger partial charge in [0.05, 0.1) is 5.97 Å². The van der Waals surface area contributed by atoms with Crippen molar-refractivity contribution in [1.82, 2.24) is 4.98 Å². The van der Waals surface area contributed by atoms with Crippen LogP contribution in [0.25, 0.3) is 17.0 Å². The van der Waals surface area contributed by atoms with E-state index in [1.54, 1.807) is 0 Å². The number of carboxylic acid groups (broad SMARTS) is 1. The van der Waals surface area contributed by atoms with Gasteiger partial charge in [0.25, 0.3) is 0 Å². The summed E-state index contributed by atoms with van der Waals surface area (Å²) in [7, 11) is 0. The van der Waals surface area contributed by atoms with Crippen molar-refractivity contribution in [2.24, 2.45) is 0 Å². The van der Waals surface area contributed by atoms with Gasteiger partial charge in [-0.25, -0.2) is 0 Å². The molecule has 0 aliphatic rings. The molecule has 15 heavy (non-hydrogen) atoms. The monoisotopic (exact) mass is 200 g/mol. The number of hydrogen-bond acceptors (Lipinski definition) is 2. The summed E-state index contributed by atoms with van der Waals surface area (Å²) in [5.74, 6) is -1.18. The molecule has 1 N–H and O–H groups in total. The van der Waals surface area contributed by atoms with Crippen LogP contribution in [0.4, 0.5) is 0 Å². The van der Waals surface area contributed by atoms with E-state index in [1.165, 1.54) is 6.08 Å². The molecule has 3 heteroatoms. The first-order valence-corrected chi connectivity index (χ1v) is 4.63. The van der Waals surface area contributed by atoms with Gasteiger partial charge in [-0.3, -0.25) is 0 Å². The van der Waals surface area contributed by atoms with Gasteiger partial charge in [0.2, 0.25) is 0 Å². The Kier molecular flexibility index (Phi) is 2.29. The second-order valence-electron chi connectivity index (χ2n) is 3.45. The topological polar surface area (TPSA) is 55.9 Å². The second kappa shape index (κ2) is 3.61. The maximum atomic E-state index is 10.2. The molecule has 1 aromatic carbocycles. The summed E-state index contributed by atoms with van der Waals surface area (Å²) in [5, 5.41) is 11.4. The highest BCUT2D eigenvalue weighted by atomic mass is 16.4. The van der Waals surface area contributed by atoms with Crippen molar-refractivity contribution in [3.8, 4) is 0 Å². The van der Waals surface area contributed by atoms with E-state index in [-0.39, 0.29) is 0 Å². The average molecular weight is 200 g/mol. The smallest absolute Gasteiger partial charge is 0.0643 e. The molecule has 0 amide bonds. The van der Waals surface area contributed by atoms with Gasteiger partial charge in [0, 0.05) is 11.2 Å². The fourth-order valence-electron chi connectivity index (χ4n) is 1.56. The molecular formula is C12H10NO2-. The third kappa shape index (κ3) is 2.07. The molecule has 0 atom stereocenters. The Labute approximate surface area is 87.0 Å². The van der Waals surface area contributed by atoms with Crippen LogP contribution in [0, 0.1) is 6.92 Å². The highest BCUT2D eigenvalue weighted by Gasteiger charge is 1.96.